The van der Waals surface area contributed by atoms with Crippen molar-refractivity contribution in [3.05, 3.63) is 71.8 Å². The molecule has 0 spiro atoms. The van der Waals surface area contributed by atoms with Gasteiger partial charge in [-0.15, -0.1) is 0 Å². The van der Waals surface area contributed by atoms with Crippen LogP contribution >= 0.6 is 0 Å². The van der Waals surface area contributed by atoms with Crippen molar-refractivity contribution in [2.45, 2.75) is 38.5 Å². The first-order valence-corrected chi connectivity index (χ1v) is 11.3. The maximum atomic E-state index is 13.0. The fraction of sp³-hybridized carbons (Fsp3) is 0.462. The molecule has 2 aromatic carbocycles. The van der Waals surface area contributed by atoms with E-state index in [0.717, 1.165) is 50.8 Å². The highest BCUT2D eigenvalue weighted by Gasteiger charge is 2.32. The zero-order valence-corrected chi connectivity index (χ0v) is 17.7. The summed E-state index contributed by atoms with van der Waals surface area (Å²) in [5.41, 5.74) is 2.45. The van der Waals surface area contributed by atoms with Crippen molar-refractivity contribution >= 4 is 11.8 Å². The van der Waals surface area contributed by atoms with Gasteiger partial charge in [0.05, 0.1) is 6.42 Å². The Hall–Kier alpha value is -2.62. The quantitative estimate of drug-likeness (QED) is 0.757. The maximum absolute atomic E-state index is 13.0. The summed E-state index contributed by atoms with van der Waals surface area (Å²) in [6, 6.07) is 20.6. The van der Waals surface area contributed by atoms with Crippen LogP contribution < -0.4 is 0 Å². The van der Waals surface area contributed by atoms with Crippen LogP contribution in [0.25, 0.3) is 0 Å². The monoisotopic (exact) mass is 404 g/mol. The van der Waals surface area contributed by atoms with Crippen molar-refractivity contribution in [1.29, 1.82) is 0 Å². The molecule has 0 aromatic heterocycles. The van der Waals surface area contributed by atoms with Gasteiger partial charge in [-0.25, -0.2) is 0 Å². The smallest absolute Gasteiger partial charge is 0.226 e. The molecule has 2 aliphatic heterocycles. The lowest BCUT2D eigenvalue weighted by Gasteiger charge is -2.37. The molecule has 158 valence electrons. The second-order valence-electron chi connectivity index (χ2n) is 8.78. The highest BCUT2D eigenvalue weighted by Crippen LogP contribution is 2.26. The number of nitrogens with zero attached hydrogens (tertiary/aromatic N) is 2. The molecule has 0 bridgehead atoms. The van der Waals surface area contributed by atoms with Crippen LogP contribution in [0.1, 0.15) is 36.8 Å². The molecular weight excluding hydrogens is 372 g/mol. The van der Waals surface area contributed by atoms with E-state index in [2.05, 4.69) is 35.2 Å². The number of rotatable bonds is 5. The van der Waals surface area contributed by atoms with E-state index in [1.54, 1.807) is 0 Å². The summed E-state index contributed by atoms with van der Waals surface area (Å²) in [7, 11) is 0. The summed E-state index contributed by atoms with van der Waals surface area (Å²) >= 11 is 0. The molecule has 2 aromatic rings. The highest BCUT2D eigenvalue weighted by atomic mass is 16.2. The number of carbonyl (C=O) groups excluding carboxylic acids is 2. The Labute approximate surface area is 179 Å². The van der Waals surface area contributed by atoms with Gasteiger partial charge < -0.3 is 9.80 Å². The second-order valence-corrected chi connectivity index (χ2v) is 8.78. The van der Waals surface area contributed by atoms with Crippen LogP contribution in [0.2, 0.25) is 0 Å². The minimum atomic E-state index is 0.0800. The minimum Gasteiger partial charge on any atom is -0.342 e. The molecule has 2 aliphatic rings. The van der Waals surface area contributed by atoms with Gasteiger partial charge in [0.2, 0.25) is 11.8 Å². The number of amides is 2. The molecule has 0 unspecified atom stereocenters. The van der Waals surface area contributed by atoms with Crippen LogP contribution in [-0.4, -0.2) is 47.8 Å². The Kier molecular flexibility index (Phi) is 6.83. The normalized spacial score (nSPS) is 18.4. The molecule has 2 fully saturated rings. The van der Waals surface area contributed by atoms with Crippen LogP contribution in [0.3, 0.4) is 0 Å². The van der Waals surface area contributed by atoms with Crippen molar-refractivity contribution in [1.82, 2.24) is 9.80 Å². The van der Waals surface area contributed by atoms with E-state index in [1.807, 2.05) is 35.2 Å². The van der Waals surface area contributed by atoms with Crippen LogP contribution in [0.4, 0.5) is 0 Å². The largest absolute Gasteiger partial charge is 0.342 e. The van der Waals surface area contributed by atoms with Crippen LogP contribution in [0, 0.1) is 11.8 Å². The first-order valence-electron chi connectivity index (χ1n) is 11.3. The molecule has 0 radical (unpaired) electrons. The van der Waals surface area contributed by atoms with E-state index in [4.69, 9.17) is 0 Å². The lowest BCUT2D eigenvalue weighted by molar-refractivity contribution is -0.141. The summed E-state index contributed by atoms with van der Waals surface area (Å²) in [6.07, 6.45) is 5.34. The summed E-state index contributed by atoms with van der Waals surface area (Å²) in [5.74, 6) is 1.24. The zero-order chi connectivity index (χ0) is 20.8. The van der Waals surface area contributed by atoms with Crippen molar-refractivity contribution in [3.63, 3.8) is 0 Å². The summed E-state index contributed by atoms with van der Waals surface area (Å²) in [6.45, 7) is 3.16. The summed E-state index contributed by atoms with van der Waals surface area (Å²) in [4.78, 5) is 29.6. The predicted molar refractivity (Wildman–Crippen MR) is 119 cm³/mol. The minimum absolute atomic E-state index is 0.0800. The number of hydrogen-bond donors (Lipinski definition) is 0. The molecule has 2 saturated heterocycles. The fourth-order valence-corrected chi connectivity index (χ4v) is 4.82. The number of carbonyl (C=O) groups is 2. The number of piperidine rings is 2. The molecule has 4 heteroatoms. The Morgan fingerprint density at radius 2 is 1.23 bits per heavy atom. The lowest BCUT2D eigenvalue weighted by atomic mass is 9.88. The third kappa shape index (κ3) is 5.29. The average Bonchev–Trinajstić information content (AvgIpc) is 2.80. The SMILES string of the molecule is O=C(Cc1ccccc1)N1CCC(C(=O)N2CCC(Cc3ccccc3)CC2)CC1. The fourth-order valence-electron chi connectivity index (χ4n) is 4.82. The molecule has 0 saturated carbocycles. The number of benzene rings is 2. The van der Waals surface area contributed by atoms with E-state index >= 15 is 0 Å². The molecule has 0 N–H and O–H groups in total. The van der Waals surface area contributed by atoms with Crippen molar-refractivity contribution in [3.8, 4) is 0 Å². The Bertz CT molecular complexity index is 821. The Morgan fingerprint density at radius 3 is 1.83 bits per heavy atom. The van der Waals surface area contributed by atoms with Crippen LogP contribution in [-0.2, 0) is 22.4 Å². The molecule has 30 heavy (non-hydrogen) atoms. The Balaban J connectivity index is 1.20. The van der Waals surface area contributed by atoms with Gasteiger partial charge in [0.1, 0.15) is 0 Å². The van der Waals surface area contributed by atoms with Gasteiger partial charge in [-0.05, 0) is 49.1 Å². The first kappa shape index (κ1) is 20.6. The van der Waals surface area contributed by atoms with Crippen molar-refractivity contribution in [2.24, 2.45) is 11.8 Å². The van der Waals surface area contributed by atoms with Gasteiger partial charge >= 0.3 is 0 Å². The van der Waals surface area contributed by atoms with Gasteiger partial charge in [0.15, 0.2) is 0 Å². The molecule has 0 aliphatic carbocycles. The maximum Gasteiger partial charge on any atom is 0.226 e. The number of likely N-dealkylation sites (tertiary alicyclic amines) is 2. The molecule has 2 heterocycles. The molecule has 0 atom stereocenters. The van der Waals surface area contributed by atoms with E-state index in [9.17, 15) is 9.59 Å². The van der Waals surface area contributed by atoms with Gasteiger partial charge in [0.25, 0.3) is 0 Å². The third-order valence-corrected chi connectivity index (χ3v) is 6.69. The van der Waals surface area contributed by atoms with Gasteiger partial charge in [-0.3, -0.25) is 9.59 Å². The second kappa shape index (κ2) is 9.92. The van der Waals surface area contributed by atoms with Gasteiger partial charge in [-0.1, -0.05) is 60.7 Å². The van der Waals surface area contributed by atoms with E-state index in [-0.39, 0.29) is 11.8 Å². The molecule has 2 amide bonds. The standard InChI is InChI=1S/C26H32N2O2/c29-25(20-22-9-5-2-6-10-22)27-17-13-24(14-18-27)26(30)28-15-11-23(12-16-28)19-21-7-3-1-4-8-21/h1-10,23-24H,11-20H2. The van der Waals surface area contributed by atoms with E-state index in [1.165, 1.54) is 5.56 Å². The number of hydrogen-bond acceptors (Lipinski definition) is 2. The topological polar surface area (TPSA) is 40.6 Å². The summed E-state index contributed by atoms with van der Waals surface area (Å²) < 4.78 is 0. The first-order chi connectivity index (χ1) is 14.7. The molecule has 4 rings (SSSR count). The van der Waals surface area contributed by atoms with Crippen molar-refractivity contribution in [2.75, 3.05) is 26.2 Å². The zero-order valence-electron chi connectivity index (χ0n) is 17.7. The van der Waals surface area contributed by atoms with Crippen LogP contribution in [0.15, 0.2) is 60.7 Å². The third-order valence-electron chi connectivity index (χ3n) is 6.69. The Morgan fingerprint density at radius 1 is 0.700 bits per heavy atom. The van der Waals surface area contributed by atoms with E-state index < -0.39 is 0 Å². The van der Waals surface area contributed by atoms with E-state index in [0.29, 0.717) is 31.3 Å². The lowest BCUT2D eigenvalue weighted by Crippen LogP contribution is -2.47. The van der Waals surface area contributed by atoms with Gasteiger partial charge in [0, 0.05) is 32.1 Å². The van der Waals surface area contributed by atoms with Gasteiger partial charge in [-0.2, -0.15) is 0 Å². The van der Waals surface area contributed by atoms with Crippen molar-refractivity contribution < 1.29 is 9.59 Å². The summed E-state index contributed by atoms with van der Waals surface area (Å²) in [5, 5.41) is 0. The molecule has 4 nitrogen and oxygen atoms in total. The predicted octanol–water partition coefficient (Wildman–Crippen LogP) is 3.95. The van der Waals surface area contributed by atoms with Crippen LogP contribution in [0.5, 0.6) is 0 Å². The average molecular weight is 405 g/mol. The molecular formula is C26H32N2O2. The highest BCUT2D eigenvalue weighted by molar-refractivity contribution is 5.81.